The molecule has 0 spiro atoms. The molecule has 1 amide bonds. The van der Waals surface area contributed by atoms with Gasteiger partial charge in [-0.05, 0) is 18.2 Å². The largest absolute Gasteiger partial charge is 0.354 e. The summed E-state index contributed by atoms with van der Waals surface area (Å²) in [6, 6.07) is 14.4. The van der Waals surface area contributed by atoms with E-state index in [4.69, 9.17) is 0 Å². The molecule has 6 heteroatoms. The van der Waals surface area contributed by atoms with Crippen LogP contribution < -0.4 is 4.72 Å². The second kappa shape index (κ2) is 3.95. The van der Waals surface area contributed by atoms with Gasteiger partial charge in [-0.1, -0.05) is 30.3 Å². The molecule has 0 saturated heterocycles. The number of amides is 1. The first kappa shape index (κ1) is 12.2. The fourth-order valence-corrected chi connectivity index (χ4v) is 4.04. The first-order valence-electron chi connectivity index (χ1n) is 6.34. The van der Waals surface area contributed by atoms with E-state index in [0.29, 0.717) is 11.3 Å². The highest BCUT2D eigenvalue weighted by molar-refractivity contribution is 7.90. The van der Waals surface area contributed by atoms with Gasteiger partial charge < -0.3 is 4.98 Å². The Morgan fingerprint density at radius 3 is 2.48 bits per heavy atom. The van der Waals surface area contributed by atoms with E-state index in [1.165, 1.54) is 6.07 Å². The molecular formula is C15H10N2O3S. The third-order valence-electron chi connectivity index (χ3n) is 3.58. The second-order valence-electron chi connectivity index (χ2n) is 4.89. The van der Waals surface area contributed by atoms with Crippen molar-refractivity contribution in [2.75, 3.05) is 0 Å². The maximum atomic E-state index is 12.1. The van der Waals surface area contributed by atoms with Gasteiger partial charge in [-0.3, -0.25) is 4.79 Å². The Morgan fingerprint density at radius 2 is 1.67 bits per heavy atom. The number of benzene rings is 2. The minimum absolute atomic E-state index is 0.0431. The lowest BCUT2D eigenvalue weighted by Crippen LogP contribution is -2.20. The molecule has 5 nitrogen and oxygen atoms in total. The Balaban J connectivity index is 2.05. The lowest BCUT2D eigenvalue weighted by atomic mass is 10.1. The van der Waals surface area contributed by atoms with Gasteiger partial charge in [-0.15, -0.1) is 0 Å². The van der Waals surface area contributed by atoms with Crippen molar-refractivity contribution >= 4 is 26.8 Å². The van der Waals surface area contributed by atoms with E-state index in [9.17, 15) is 13.2 Å². The molecule has 104 valence electrons. The SMILES string of the molecule is O=C1NS(=O)(=O)c2c1cccc2-c1cc2ccccc2[nH]1. The Labute approximate surface area is 120 Å². The average Bonchev–Trinajstić information content (AvgIpc) is 2.98. The number of carbonyl (C=O) groups is 1. The summed E-state index contributed by atoms with van der Waals surface area (Å²) >= 11 is 0. The number of aromatic nitrogens is 1. The molecule has 21 heavy (non-hydrogen) atoms. The molecule has 0 unspecified atom stereocenters. The van der Waals surface area contributed by atoms with Gasteiger partial charge >= 0.3 is 0 Å². The number of hydrogen-bond donors (Lipinski definition) is 2. The standard InChI is InChI=1S/C15H10N2O3S/c18-15-11-6-3-5-10(14(11)21(19,20)17-15)13-8-9-4-1-2-7-12(9)16-13/h1-8,16H,(H,17,18). The summed E-state index contributed by atoms with van der Waals surface area (Å²) in [6.07, 6.45) is 0. The molecule has 2 heterocycles. The van der Waals surface area contributed by atoms with Gasteiger partial charge in [0.15, 0.2) is 0 Å². The number of rotatable bonds is 1. The summed E-state index contributed by atoms with van der Waals surface area (Å²) in [4.78, 5) is 15.0. The number of nitrogens with one attached hydrogen (secondary N) is 2. The normalized spacial score (nSPS) is 15.9. The van der Waals surface area contributed by atoms with Crippen molar-refractivity contribution in [3.63, 3.8) is 0 Å². The third-order valence-corrected chi connectivity index (χ3v) is 5.01. The Hall–Kier alpha value is -2.60. The van der Waals surface area contributed by atoms with Crippen molar-refractivity contribution in [2.24, 2.45) is 0 Å². The van der Waals surface area contributed by atoms with E-state index < -0.39 is 15.9 Å². The molecule has 2 N–H and O–H groups in total. The van der Waals surface area contributed by atoms with E-state index >= 15 is 0 Å². The van der Waals surface area contributed by atoms with Gasteiger partial charge in [-0.25, -0.2) is 13.1 Å². The smallest absolute Gasteiger partial charge is 0.266 e. The van der Waals surface area contributed by atoms with Gasteiger partial charge in [0.2, 0.25) is 0 Å². The quantitative estimate of drug-likeness (QED) is 0.723. The summed E-state index contributed by atoms with van der Waals surface area (Å²) in [5.74, 6) is -0.581. The van der Waals surface area contributed by atoms with Crippen LogP contribution in [0.15, 0.2) is 53.4 Å². The molecule has 0 radical (unpaired) electrons. The molecular weight excluding hydrogens is 288 g/mol. The van der Waals surface area contributed by atoms with Gasteiger partial charge in [0, 0.05) is 22.2 Å². The number of H-pyrrole nitrogens is 1. The van der Waals surface area contributed by atoms with Crippen LogP contribution in [0.25, 0.3) is 22.2 Å². The second-order valence-corrected chi connectivity index (χ2v) is 6.51. The lowest BCUT2D eigenvalue weighted by Gasteiger charge is -2.04. The Bertz CT molecular complexity index is 970. The topological polar surface area (TPSA) is 79.0 Å². The molecule has 4 rings (SSSR count). The minimum atomic E-state index is -3.79. The van der Waals surface area contributed by atoms with Crippen LogP contribution in [-0.4, -0.2) is 19.3 Å². The molecule has 0 fully saturated rings. The van der Waals surface area contributed by atoms with Gasteiger partial charge in [-0.2, -0.15) is 0 Å². The number of aromatic amines is 1. The summed E-state index contributed by atoms with van der Waals surface area (Å²) < 4.78 is 26.3. The number of hydrogen-bond acceptors (Lipinski definition) is 3. The zero-order chi connectivity index (χ0) is 14.6. The van der Waals surface area contributed by atoms with Crippen molar-refractivity contribution in [1.29, 1.82) is 0 Å². The summed E-state index contributed by atoms with van der Waals surface area (Å²) in [5.41, 5.74) is 2.28. The average molecular weight is 298 g/mol. The maximum absolute atomic E-state index is 12.1. The van der Waals surface area contributed by atoms with Crippen LogP contribution in [0.2, 0.25) is 0 Å². The van der Waals surface area contributed by atoms with Crippen LogP contribution in [-0.2, 0) is 10.0 Å². The van der Waals surface area contributed by atoms with Crippen LogP contribution in [0.3, 0.4) is 0 Å². The molecule has 1 aliphatic rings. The van der Waals surface area contributed by atoms with E-state index in [2.05, 4.69) is 4.98 Å². The van der Waals surface area contributed by atoms with Crippen LogP contribution >= 0.6 is 0 Å². The van der Waals surface area contributed by atoms with E-state index in [1.807, 2.05) is 35.1 Å². The van der Waals surface area contributed by atoms with Gasteiger partial charge in [0.1, 0.15) is 4.90 Å². The number of fused-ring (bicyclic) bond motifs is 2. The summed E-state index contributed by atoms with van der Waals surface area (Å²) in [5, 5.41) is 0.986. The van der Waals surface area contributed by atoms with Gasteiger partial charge in [0.05, 0.1) is 5.56 Å². The van der Waals surface area contributed by atoms with Crippen molar-refractivity contribution in [1.82, 2.24) is 9.71 Å². The van der Waals surface area contributed by atoms with E-state index in [1.54, 1.807) is 12.1 Å². The number of sulfonamides is 1. The Kier molecular flexibility index (Phi) is 2.29. The van der Waals surface area contributed by atoms with Crippen molar-refractivity contribution in [3.05, 3.63) is 54.1 Å². The van der Waals surface area contributed by atoms with E-state index in [-0.39, 0.29) is 10.5 Å². The predicted octanol–water partition coefficient (Wildman–Crippen LogP) is 2.27. The highest BCUT2D eigenvalue weighted by Crippen LogP contribution is 2.34. The molecule has 0 atom stereocenters. The lowest BCUT2D eigenvalue weighted by molar-refractivity contribution is 0.0985. The molecule has 1 aromatic heterocycles. The molecule has 2 aromatic carbocycles. The highest BCUT2D eigenvalue weighted by atomic mass is 32.2. The maximum Gasteiger partial charge on any atom is 0.266 e. The summed E-state index contributed by atoms with van der Waals surface area (Å²) in [6.45, 7) is 0. The molecule has 3 aromatic rings. The summed E-state index contributed by atoms with van der Waals surface area (Å²) in [7, 11) is -3.79. The fraction of sp³-hybridized carbons (Fsp3) is 0. The first-order chi connectivity index (χ1) is 10.1. The number of carbonyl (C=O) groups excluding carboxylic acids is 1. The Morgan fingerprint density at radius 1 is 0.905 bits per heavy atom. The monoisotopic (exact) mass is 298 g/mol. The van der Waals surface area contributed by atoms with Crippen LogP contribution in [0.1, 0.15) is 10.4 Å². The third kappa shape index (κ3) is 1.69. The van der Waals surface area contributed by atoms with Crippen molar-refractivity contribution in [3.8, 4) is 11.3 Å². The first-order valence-corrected chi connectivity index (χ1v) is 7.83. The zero-order valence-corrected chi connectivity index (χ0v) is 11.6. The van der Waals surface area contributed by atoms with Crippen molar-refractivity contribution < 1.29 is 13.2 Å². The van der Waals surface area contributed by atoms with Crippen LogP contribution in [0.4, 0.5) is 0 Å². The fourth-order valence-electron chi connectivity index (χ4n) is 2.66. The van der Waals surface area contributed by atoms with Crippen LogP contribution in [0, 0.1) is 0 Å². The highest BCUT2D eigenvalue weighted by Gasteiger charge is 2.35. The predicted molar refractivity (Wildman–Crippen MR) is 78.4 cm³/mol. The minimum Gasteiger partial charge on any atom is -0.354 e. The molecule has 0 aliphatic carbocycles. The van der Waals surface area contributed by atoms with Crippen LogP contribution in [0.5, 0.6) is 0 Å². The van der Waals surface area contributed by atoms with Crippen molar-refractivity contribution in [2.45, 2.75) is 4.90 Å². The zero-order valence-electron chi connectivity index (χ0n) is 10.8. The molecule has 0 bridgehead atoms. The van der Waals surface area contributed by atoms with E-state index in [0.717, 1.165) is 10.9 Å². The van der Waals surface area contributed by atoms with Gasteiger partial charge in [0.25, 0.3) is 15.9 Å². The number of para-hydroxylation sites is 1. The molecule has 1 aliphatic heterocycles. The molecule has 0 saturated carbocycles.